The number of benzene rings is 1. The van der Waals surface area contributed by atoms with E-state index in [1.54, 1.807) is 18.2 Å². The fourth-order valence-corrected chi connectivity index (χ4v) is 9.83. The van der Waals surface area contributed by atoms with Crippen LogP contribution in [0.1, 0.15) is 80.6 Å². The lowest BCUT2D eigenvalue weighted by molar-refractivity contribution is -0.146. The summed E-state index contributed by atoms with van der Waals surface area (Å²) in [6.45, 7) is 20.4. The molecule has 65 heavy (non-hydrogen) atoms. The van der Waals surface area contributed by atoms with Crippen molar-refractivity contribution in [3.8, 4) is 22.9 Å². The Kier molecular flexibility index (Phi) is 12.8. The molecule has 17 nitrogen and oxygen atoms in total. The van der Waals surface area contributed by atoms with Gasteiger partial charge in [-0.3, -0.25) is 14.5 Å². The summed E-state index contributed by atoms with van der Waals surface area (Å²) < 4.78 is 30.3. The third kappa shape index (κ3) is 9.87. The summed E-state index contributed by atoms with van der Waals surface area (Å²) in [5, 5.41) is 19.7. The number of rotatable bonds is 16. The maximum Gasteiger partial charge on any atom is 0.408 e. The fraction of sp³-hybridized carbons (Fsp3) is 0.617. The molecule has 5 aliphatic rings. The number of pyridine rings is 1. The normalized spacial score (nSPS) is 27.4. The number of oxazole rings is 1. The van der Waals surface area contributed by atoms with Gasteiger partial charge >= 0.3 is 12.1 Å². The van der Waals surface area contributed by atoms with Crippen molar-refractivity contribution in [1.29, 1.82) is 0 Å². The number of nitrogens with one attached hydrogen (secondary N) is 3. The number of aromatic nitrogens is 2. The van der Waals surface area contributed by atoms with Crippen molar-refractivity contribution in [2.45, 2.75) is 122 Å². The number of likely N-dealkylation sites (tertiary alicyclic amines) is 1. The Labute approximate surface area is 384 Å². The zero-order valence-corrected chi connectivity index (χ0v) is 39.0. The van der Waals surface area contributed by atoms with Crippen molar-refractivity contribution in [2.24, 2.45) is 23.2 Å². The highest BCUT2D eigenvalue weighted by atomic mass is 35.5. The molecule has 0 spiro atoms. The van der Waals surface area contributed by atoms with E-state index in [1.807, 2.05) is 34.6 Å². The SMILES string of the molecule is C=C[C@@H]1C[C@]1(NC(=O)[C@@H]1C[C@@H](Oc2cc(-c3coc(NC(C)C)n3)nc3c(Cl)c(OCCN4CCOCC4(C)C)ccc23)CN1C(=O)C(NC(=O)O[C@@H]1C[C@@H]2C[C@@H]2C1)C(C)(C)C)C(=O)O. The maximum absolute atomic E-state index is 14.8. The smallest absolute Gasteiger partial charge is 0.408 e. The lowest BCUT2D eigenvalue weighted by atomic mass is 9.85. The van der Waals surface area contributed by atoms with Gasteiger partial charge in [0, 0.05) is 48.5 Å². The number of hydrogen-bond donors (Lipinski definition) is 4. The lowest BCUT2D eigenvalue weighted by Crippen LogP contribution is -2.59. The van der Waals surface area contributed by atoms with E-state index in [0.717, 1.165) is 25.8 Å². The van der Waals surface area contributed by atoms with E-state index in [1.165, 1.54) is 17.2 Å². The minimum absolute atomic E-state index is 0.00340. The van der Waals surface area contributed by atoms with Crippen LogP contribution in [-0.4, -0.2) is 130 Å². The molecule has 3 aromatic rings. The maximum atomic E-state index is 14.8. The number of carbonyl (C=O) groups excluding carboxylic acids is 3. The number of carboxylic acids is 1. The van der Waals surface area contributed by atoms with Gasteiger partial charge in [-0.15, -0.1) is 6.58 Å². The van der Waals surface area contributed by atoms with Crippen LogP contribution >= 0.6 is 11.6 Å². The van der Waals surface area contributed by atoms with Crippen molar-refractivity contribution in [3.63, 3.8) is 0 Å². The molecule has 1 unspecified atom stereocenters. The van der Waals surface area contributed by atoms with Crippen LogP contribution in [0.5, 0.6) is 11.5 Å². The molecule has 4 N–H and O–H groups in total. The van der Waals surface area contributed by atoms with Gasteiger partial charge in [0.1, 0.15) is 64.9 Å². The molecule has 8 atom stereocenters. The molecule has 0 radical (unpaired) electrons. The van der Waals surface area contributed by atoms with E-state index >= 15 is 0 Å². The summed E-state index contributed by atoms with van der Waals surface area (Å²) in [6, 6.07) is 3.35. The Bertz CT molecular complexity index is 2320. The van der Waals surface area contributed by atoms with Gasteiger partial charge in [-0.2, -0.15) is 4.98 Å². The topological polar surface area (TPSA) is 207 Å². The van der Waals surface area contributed by atoms with E-state index in [2.05, 4.69) is 46.3 Å². The predicted molar refractivity (Wildman–Crippen MR) is 242 cm³/mol. The average molecular weight is 921 g/mol. The number of nitrogens with zero attached hydrogens (tertiary/aromatic N) is 4. The highest BCUT2D eigenvalue weighted by Gasteiger charge is 2.61. The Hall–Kier alpha value is -5.13. The molecule has 1 aromatic carbocycles. The lowest BCUT2D eigenvalue weighted by Gasteiger charge is -2.41. The van der Waals surface area contributed by atoms with Crippen LogP contribution in [0.2, 0.25) is 5.02 Å². The van der Waals surface area contributed by atoms with Crippen LogP contribution < -0.4 is 25.4 Å². The standard InChI is InChI=1S/C47H62ClN7O10/c1-9-28-21-47(28,42(58)59)53-40(56)34-19-30(22-55(34)41(57)39(45(4,5)6)52-44(60)65-29-17-26-16-27(26)18-29)64-36-20-32(33-23-63-43(51-33)49-25(2)3)50-38-31(36)10-11-35(37(38)48)62-15-13-54-12-14-61-24-46(54,7)8/h9-11,20,23,25-30,34,39H,1,12-19,21-22,24H2,2-8H3,(H,49,51)(H,52,60)(H,53,56)(H,58,59)/t26-,27+,28-,29+,30-,34+,39?,47-/m1/s1. The molecule has 3 aliphatic carbocycles. The van der Waals surface area contributed by atoms with E-state index < -0.39 is 58.9 Å². The number of alkyl carbamates (subject to hydrolysis) is 1. The van der Waals surface area contributed by atoms with Crippen molar-refractivity contribution >= 4 is 52.4 Å². The van der Waals surface area contributed by atoms with Crippen LogP contribution in [0.25, 0.3) is 22.3 Å². The largest absolute Gasteiger partial charge is 0.491 e. The number of amides is 3. The van der Waals surface area contributed by atoms with Crippen molar-refractivity contribution in [2.75, 3.05) is 44.8 Å². The van der Waals surface area contributed by atoms with Gasteiger partial charge in [0.15, 0.2) is 0 Å². The molecule has 5 fully saturated rings. The molecule has 2 saturated heterocycles. The number of hydrogen-bond acceptors (Lipinski definition) is 13. The zero-order valence-electron chi connectivity index (χ0n) is 38.3. The van der Waals surface area contributed by atoms with Crippen LogP contribution in [-0.2, 0) is 23.9 Å². The minimum atomic E-state index is -1.55. The van der Waals surface area contributed by atoms with Crippen LogP contribution in [0.3, 0.4) is 0 Å². The number of anilines is 1. The molecule has 18 heteroatoms. The summed E-state index contributed by atoms with van der Waals surface area (Å²) in [5.74, 6) is -0.932. The molecule has 4 heterocycles. The Morgan fingerprint density at radius 3 is 2.48 bits per heavy atom. The predicted octanol–water partition coefficient (Wildman–Crippen LogP) is 6.29. The van der Waals surface area contributed by atoms with Crippen molar-refractivity contribution < 1.29 is 47.6 Å². The Morgan fingerprint density at radius 2 is 1.82 bits per heavy atom. The molecule has 3 saturated carbocycles. The van der Waals surface area contributed by atoms with E-state index in [0.29, 0.717) is 78.0 Å². The highest BCUT2D eigenvalue weighted by molar-refractivity contribution is 6.36. The first-order chi connectivity index (χ1) is 30.8. The zero-order chi connectivity index (χ0) is 46.6. The third-order valence-corrected chi connectivity index (χ3v) is 13.8. The summed E-state index contributed by atoms with van der Waals surface area (Å²) in [4.78, 5) is 68.3. The average Bonchev–Trinajstić information content (AvgIpc) is 3.91. The molecule has 352 valence electrons. The number of carboxylic acid groups (broad SMARTS) is 1. The second kappa shape index (κ2) is 17.9. The second-order valence-corrected chi connectivity index (χ2v) is 20.7. The van der Waals surface area contributed by atoms with Gasteiger partial charge in [-0.25, -0.2) is 14.6 Å². The van der Waals surface area contributed by atoms with Crippen LogP contribution in [0.4, 0.5) is 10.8 Å². The van der Waals surface area contributed by atoms with Crippen LogP contribution in [0.15, 0.2) is 41.5 Å². The molecular formula is C47H62ClN7O10. The number of aliphatic carboxylic acids is 1. The number of ether oxygens (including phenoxy) is 4. The monoisotopic (exact) mass is 919 g/mol. The summed E-state index contributed by atoms with van der Waals surface area (Å²) in [7, 11) is 0. The third-order valence-electron chi connectivity index (χ3n) is 13.5. The second-order valence-electron chi connectivity index (χ2n) is 20.3. The van der Waals surface area contributed by atoms with Crippen molar-refractivity contribution in [3.05, 3.63) is 42.1 Å². The molecule has 8 rings (SSSR count). The fourth-order valence-electron chi connectivity index (χ4n) is 9.57. The summed E-state index contributed by atoms with van der Waals surface area (Å²) in [6.07, 6.45) is 4.22. The number of fused-ring (bicyclic) bond motifs is 2. The number of halogens is 1. The van der Waals surface area contributed by atoms with Gasteiger partial charge in [0.25, 0.3) is 6.01 Å². The number of carbonyl (C=O) groups is 4. The quantitative estimate of drug-likeness (QED) is 0.117. The highest BCUT2D eigenvalue weighted by Crippen LogP contribution is 2.52. The van der Waals surface area contributed by atoms with Crippen molar-refractivity contribution in [1.82, 2.24) is 30.4 Å². The first-order valence-electron chi connectivity index (χ1n) is 22.7. The van der Waals surface area contributed by atoms with Gasteiger partial charge in [-0.1, -0.05) is 38.4 Å². The number of morpholine rings is 1. The van der Waals surface area contributed by atoms with E-state index in [4.69, 9.17) is 39.9 Å². The van der Waals surface area contributed by atoms with E-state index in [-0.39, 0.29) is 42.1 Å². The first kappa shape index (κ1) is 46.4. The minimum Gasteiger partial charge on any atom is -0.491 e. The molecule has 2 aliphatic heterocycles. The van der Waals surface area contributed by atoms with Gasteiger partial charge in [0.05, 0.1) is 31.0 Å². The molecule has 2 aromatic heterocycles. The molecule has 0 bridgehead atoms. The molecule has 3 amide bonds. The van der Waals surface area contributed by atoms with Crippen LogP contribution in [0, 0.1) is 23.2 Å². The first-order valence-corrected chi connectivity index (χ1v) is 23.1. The van der Waals surface area contributed by atoms with Gasteiger partial charge in [-0.05, 0) is 82.8 Å². The summed E-state index contributed by atoms with van der Waals surface area (Å²) in [5.41, 5.74) is -1.36. The van der Waals surface area contributed by atoms with E-state index in [9.17, 15) is 24.3 Å². The van der Waals surface area contributed by atoms with Gasteiger partial charge in [0.2, 0.25) is 11.8 Å². The molecular weight excluding hydrogens is 858 g/mol. The Balaban J connectivity index is 1.09. The summed E-state index contributed by atoms with van der Waals surface area (Å²) >= 11 is 7.13. The Morgan fingerprint density at radius 1 is 1.06 bits per heavy atom. The van der Waals surface area contributed by atoms with Gasteiger partial charge < -0.3 is 49.3 Å².